The van der Waals surface area contributed by atoms with Crippen LogP contribution in [0.1, 0.15) is 43.5 Å². The van der Waals surface area contributed by atoms with Crippen LogP contribution in [0, 0.1) is 11.8 Å². The van der Waals surface area contributed by atoms with Crippen LogP contribution in [0.15, 0.2) is 66.9 Å². The molecule has 1 N–H and O–H groups in total. The lowest BCUT2D eigenvalue weighted by atomic mass is 9.84. The molecule has 1 fully saturated rings. The van der Waals surface area contributed by atoms with Gasteiger partial charge in [-0.25, -0.2) is 4.68 Å². The monoisotopic (exact) mass is 444 g/mol. The highest BCUT2D eigenvalue weighted by molar-refractivity contribution is 6.00. The summed E-state index contributed by atoms with van der Waals surface area (Å²) in [5.74, 6) is 0.385. The van der Waals surface area contributed by atoms with Gasteiger partial charge in [0, 0.05) is 37.3 Å². The van der Waals surface area contributed by atoms with Crippen molar-refractivity contribution in [1.29, 1.82) is 0 Å². The van der Waals surface area contributed by atoms with Crippen molar-refractivity contribution < 1.29 is 9.59 Å². The number of hydrogen-bond donors (Lipinski definition) is 1. The Kier molecular flexibility index (Phi) is 7.23. The van der Waals surface area contributed by atoms with E-state index < -0.39 is 0 Å². The van der Waals surface area contributed by atoms with Gasteiger partial charge in [0.25, 0.3) is 5.91 Å². The second-order valence-corrected chi connectivity index (χ2v) is 8.75. The molecule has 0 saturated carbocycles. The number of para-hydroxylation sites is 1. The second kappa shape index (κ2) is 10.5. The Balaban J connectivity index is 1.52. The van der Waals surface area contributed by atoms with Gasteiger partial charge in [-0.2, -0.15) is 5.10 Å². The molecule has 33 heavy (non-hydrogen) atoms. The first-order valence-electron chi connectivity index (χ1n) is 11.9. The second-order valence-electron chi connectivity index (χ2n) is 8.75. The lowest BCUT2D eigenvalue weighted by Gasteiger charge is -2.34. The Morgan fingerprint density at radius 2 is 1.67 bits per heavy atom. The average Bonchev–Trinajstić information content (AvgIpc) is 3.33. The van der Waals surface area contributed by atoms with Gasteiger partial charge in [-0.15, -0.1) is 0 Å². The zero-order valence-electron chi connectivity index (χ0n) is 19.4. The van der Waals surface area contributed by atoms with E-state index in [2.05, 4.69) is 12.2 Å². The molecule has 2 heterocycles. The van der Waals surface area contributed by atoms with Gasteiger partial charge in [0.1, 0.15) is 5.69 Å². The van der Waals surface area contributed by atoms with Crippen LogP contribution in [0.3, 0.4) is 0 Å². The van der Waals surface area contributed by atoms with Crippen molar-refractivity contribution in [2.75, 3.05) is 19.6 Å². The number of amides is 2. The number of carbonyl (C=O) groups is 2. The summed E-state index contributed by atoms with van der Waals surface area (Å²) in [4.78, 5) is 27.9. The molecule has 4 rings (SSSR count). The van der Waals surface area contributed by atoms with Crippen molar-refractivity contribution in [3.05, 3.63) is 72.4 Å². The molecular formula is C27H32N4O2. The molecule has 6 heteroatoms. The van der Waals surface area contributed by atoms with E-state index in [9.17, 15) is 9.59 Å². The van der Waals surface area contributed by atoms with Crippen LogP contribution in [-0.4, -0.2) is 46.1 Å². The summed E-state index contributed by atoms with van der Waals surface area (Å²) in [6.07, 6.45) is 4.44. The van der Waals surface area contributed by atoms with Gasteiger partial charge >= 0.3 is 0 Å². The molecule has 1 saturated heterocycles. The first-order valence-corrected chi connectivity index (χ1v) is 11.9. The minimum absolute atomic E-state index is 0.00225. The Morgan fingerprint density at radius 3 is 2.30 bits per heavy atom. The van der Waals surface area contributed by atoms with Crippen molar-refractivity contribution >= 4 is 11.8 Å². The summed E-state index contributed by atoms with van der Waals surface area (Å²) in [5.41, 5.74) is 3.14. The van der Waals surface area contributed by atoms with E-state index in [-0.39, 0.29) is 17.7 Å². The molecule has 1 aliphatic rings. The van der Waals surface area contributed by atoms with E-state index in [0.29, 0.717) is 36.8 Å². The van der Waals surface area contributed by atoms with Crippen LogP contribution in [-0.2, 0) is 4.79 Å². The van der Waals surface area contributed by atoms with E-state index in [4.69, 9.17) is 5.10 Å². The van der Waals surface area contributed by atoms with Crippen LogP contribution >= 0.6 is 0 Å². The fraction of sp³-hybridized carbons (Fsp3) is 0.370. The summed E-state index contributed by atoms with van der Waals surface area (Å²) < 4.78 is 1.78. The van der Waals surface area contributed by atoms with E-state index in [1.54, 1.807) is 4.68 Å². The van der Waals surface area contributed by atoms with E-state index in [0.717, 1.165) is 30.5 Å². The molecule has 1 aliphatic heterocycles. The van der Waals surface area contributed by atoms with Gasteiger partial charge in [0.05, 0.1) is 11.3 Å². The summed E-state index contributed by atoms with van der Waals surface area (Å²) in [7, 11) is 0. The van der Waals surface area contributed by atoms with Crippen LogP contribution in [0.25, 0.3) is 16.9 Å². The normalized spacial score (nSPS) is 15.3. The number of piperidine rings is 1. The van der Waals surface area contributed by atoms with Crippen molar-refractivity contribution in [1.82, 2.24) is 20.0 Å². The molecule has 1 aromatic heterocycles. The highest BCUT2D eigenvalue weighted by atomic mass is 16.2. The third kappa shape index (κ3) is 5.16. The summed E-state index contributed by atoms with van der Waals surface area (Å²) in [6.45, 7) is 6.08. The summed E-state index contributed by atoms with van der Waals surface area (Å²) in [5, 5.41) is 7.78. The zero-order valence-corrected chi connectivity index (χ0v) is 19.4. The highest BCUT2D eigenvalue weighted by Crippen LogP contribution is 2.29. The minimum Gasteiger partial charge on any atom is -0.356 e. The standard InChI is InChI=1S/C27H32N4O2/c1-3-16-28-26(32)20(2)21-14-17-30(18-15-21)27(33)24-19-31(23-12-8-5-9-13-23)29-25(24)22-10-6-4-7-11-22/h4-13,19-21H,3,14-18H2,1-2H3,(H,28,32)/t20-/m0/s1. The maximum Gasteiger partial charge on any atom is 0.257 e. The fourth-order valence-electron chi connectivity index (χ4n) is 4.45. The first-order chi connectivity index (χ1) is 16.1. The molecular weight excluding hydrogens is 412 g/mol. The van der Waals surface area contributed by atoms with E-state index >= 15 is 0 Å². The Morgan fingerprint density at radius 1 is 1.03 bits per heavy atom. The van der Waals surface area contributed by atoms with E-state index in [1.807, 2.05) is 78.7 Å². The quantitative estimate of drug-likeness (QED) is 0.581. The van der Waals surface area contributed by atoms with Crippen LogP contribution < -0.4 is 5.32 Å². The lowest BCUT2D eigenvalue weighted by Crippen LogP contribution is -2.42. The maximum atomic E-state index is 13.6. The van der Waals surface area contributed by atoms with Gasteiger partial charge in [-0.05, 0) is 37.3 Å². The van der Waals surface area contributed by atoms with Crippen LogP contribution in [0.4, 0.5) is 0 Å². The van der Waals surface area contributed by atoms with Gasteiger partial charge in [0.15, 0.2) is 0 Å². The summed E-state index contributed by atoms with van der Waals surface area (Å²) in [6, 6.07) is 19.7. The summed E-state index contributed by atoms with van der Waals surface area (Å²) >= 11 is 0. The van der Waals surface area contributed by atoms with Crippen molar-refractivity contribution in [3.63, 3.8) is 0 Å². The Hall–Kier alpha value is -3.41. The van der Waals surface area contributed by atoms with Gasteiger partial charge in [-0.3, -0.25) is 9.59 Å². The molecule has 6 nitrogen and oxygen atoms in total. The van der Waals surface area contributed by atoms with Crippen molar-refractivity contribution in [2.24, 2.45) is 11.8 Å². The number of rotatable bonds is 7. The molecule has 0 spiro atoms. The molecule has 1 atom stereocenters. The number of hydrogen-bond acceptors (Lipinski definition) is 3. The third-order valence-electron chi connectivity index (χ3n) is 6.51. The largest absolute Gasteiger partial charge is 0.356 e. The predicted octanol–water partition coefficient (Wildman–Crippen LogP) is 4.55. The third-order valence-corrected chi connectivity index (χ3v) is 6.51. The average molecular weight is 445 g/mol. The molecule has 2 amide bonds. The smallest absolute Gasteiger partial charge is 0.257 e. The fourth-order valence-corrected chi connectivity index (χ4v) is 4.45. The minimum atomic E-state index is -0.0329. The molecule has 0 radical (unpaired) electrons. The highest BCUT2D eigenvalue weighted by Gasteiger charge is 2.31. The number of nitrogens with one attached hydrogen (secondary N) is 1. The molecule has 3 aromatic rings. The topological polar surface area (TPSA) is 67.2 Å². The van der Waals surface area contributed by atoms with Crippen molar-refractivity contribution in [3.8, 4) is 16.9 Å². The molecule has 0 unspecified atom stereocenters. The van der Waals surface area contributed by atoms with E-state index in [1.165, 1.54) is 0 Å². The molecule has 2 aromatic carbocycles. The zero-order chi connectivity index (χ0) is 23.2. The Labute approximate surface area is 195 Å². The number of aromatic nitrogens is 2. The molecule has 0 aliphatic carbocycles. The van der Waals surface area contributed by atoms with Crippen molar-refractivity contribution in [2.45, 2.75) is 33.1 Å². The Bertz CT molecular complexity index is 1070. The van der Waals surface area contributed by atoms with Gasteiger partial charge in [-0.1, -0.05) is 62.4 Å². The predicted molar refractivity (Wildman–Crippen MR) is 130 cm³/mol. The first kappa shape index (κ1) is 22.8. The SMILES string of the molecule is CCCNC(=O)[C@@H](C)C1CCN(C(=O)c2cn(-c3ccccc3)nc2-c2ccccc2)CC1. The van der Waals surface area contributed by atoms with Crippen LogP contribution in [0.5, 0.6) is 0 Å². The van der Waals surface area contributed by atoms with Gasteiger partial charge < -0.3 is 10.2 Å². The number of likely N-dealkylation sites (tertiary alicyclic amines) is 1. The van der Waals surface area contributed by atoms with Crippen LogP contribution in [0.2, 0.25) is 0 Å². The number of benzene rings is 2. The molecule has 172 valence electrons. The number of carbonyl (C=O) groups excluding carboxylic acids is 2. The number of nitrogens with zero attached hydrogens (tertiary/aromatic N) is 3. The lowest BCUT2D eigenvalue weighted by molar-refractivity contribution is -0.126. The maximum absolute atomic E-state index is 13.6. The van der Waals surface area contributed by atoms with Gasteiger partial charge in [0.2, 0.25) is 5.91 Å². The molecule has 0 bridgehead atoms.